The minimum Gasteiger partial charge on any atom is -0.500 e. The Morgan fingerprint density at radius 3 is 2.14 bits per heavy atom. The van der Waals surface area contributed by atoms with Crippen LogP contribution in [-0.2, 0) is 4.74 Å². The minimum absolute atomic E-state index is 0.0162. The maximum absolute atomic E-state index is 12.6. The summed E-state index contributed by atoms with van der Waals surface area (Å²) in [5.74, 6) is -0.0162. The van der Waals surface area contributed by atoms with Gasteiger partial charge in [0.2, 0.25) is 0 Å². The Bertz CT molecular complexity index is 272. The van der Waals surface area contributed by atoms with Crippen molar-refractivity contribution in [2.75, 3.05) is 7.11 Å². The highest BCUT2D eigenvalue weighted by molar-refractivity contribution is 5.27. The van der Waals surface area contributed by atoms with Gasteiger partial charge in [0.1, 0.15) is 11.2 Å². The Labute approximate surface area is 81.2 Å². The first-order valence-corrected chi connectivity index (χ1v) is 4.32. The number of alkyl halides is 3. The van der Waals surface area contributed by atoms with Crippen molar-refractivity contribution in [1.29, 1.82) is 0 Å². The van der Waals surface area contributed by atoms with E-state index in [-0.39, 0.29) is 18.6 Å². The minimum atomic E-state index is -4.22. The van der Waals surface area contributed by atoms with Crippen LogP contribution in [0.1, 0.15) is 19.8 Å². The van der Waals surface area contributed by atoms with Gasteiger partial charge in [-0.1, -0.05) is 12.2 Å². The maximum Gasteiger partial charge on any atom is 0.401 e. The number of rotatable bonds is 3. The van der Waals surface area contributed by atoms with E-state index < -0.39 is 11.6 Å². The van der Waals surface area contributed by atoms with E-state index in [4.69, 9.17) is 4.74 Å². The molecule has 0 unspecified atom stereocenters. The van der Waals surface area contributed by atoms with Gasteiger partial charge in [-0.15, -0.1) is 0 Å². The summed E-state index contributed by atoms with van der Waals surface area (Å²) in [5.41, 5.74) is -1.17. The molecular weight excluding hydrogens is 193 g/mol. The zero-order valence-corrected chi connectivity index (χ0v) is 8.24. The Morgan fingerprint density at radius 2 is 1.93 bits per heavy atom. The lowest BCUT2D eigenvalue weighted by Crippen LogP contribution is -2.27. The van der Waals surface area contributed by atoms with Gasteiger partial charge < -0.3 is 4.74 Å². The lowest BCUT2D eigenvalue weighted by atomic mass is 10.0. The number of allylic oxidation sites excluding steroid dienone is 3. The van der Waals surface area contributed by atoms with Gasteiger partial charge in [0.25, 0.3) is 0 Å². The topological polar surface area (TPSA) is 9.23 Å². The van der Waals surface area contributed by atoms with Crippen molar-refractivity contribution in [1.82, 2.24) is 0 Å². The highest BCUT2D eigenvalue weighted by Gasteiger charge is 2.66. The molecule has 0 aromatic heterocycles. The summed E-state index contributed by atoms with van der Waals surface area (Å²) < 4.78 is 42.7. The highest BCUT2D eigenvalue weighted by atomic mass is 19.4. The van der Waals surface area contributed by atoms with Crippen LogP contribution in [0, 0.1) is 5.41 Å². The second kappa shape index (κ2) is 3.33. The molecule has 0 aromatic carbocycles. The fourth-order valence-corrected chi connectivity index (χ4v) is 1.41. The van der Waals surface area contributed by atoms with Crippen LogP contribution in [0.5, 0.6) is 0 Å². The molecule has 0 spiro atoms. The second-order valence-corrected chi connectivity index (χ2v) is 3.64. The quantitative estimate of drug-likeness (QED) is 0.507. The summed E-state index contributed by atoms with van der Waals surface area (Å²) in [4.78, 5) is 0. The Kier molecular flexibility index (Phi) is 2.65. The van der Waals surface area contributed by atoms with Crippen molar-refractivity contribution in [3.8, 4) is 0 Å². The largest absolute Gasteiger partial charge is 0.500 e. The van der Waals surface area contributed by atoms with E-state index in [1.165, 1.54) is 13.2 Å². The molecule has 0 bridgehead atoms. The first-order valence-electron chi connectivity index (χ1n) is 4.32. The molecular formula is C10H13F3O. The van der Waals surface area contributed by atoms with Crippen LogP contribution in [0.2, 0.25) is 0 Å². The van der Waals surface area contributed by atoms with Crippen LogP contribution in [0.3, 0.4) is 0 Å². The van der Waals surface area contributed by atoms with Gasteiger partial charge in [-0.3, -0.25) is 0 Å². The van der Waals surface area contributed by atoms with Crippen LogP contribution in [0.15, 0.2) is 24.0 Å². The number of hydrogen-bond donors (Lipinski definition) is 0. The van der Waals surface area contributed by atoms with Crippen LogP contribution < -0.4 is 0 Å². The SMILES string of the molecule is C=C(C)/C=C(\OC)C1(C(F)(F)F)CC1. The third kappa shape index (κ3) is 1.79. The van der Waals surface area contributed by atoms with E-state index in [9.17, 15) is 13.2 Å². The third-order valence-corrected chi connectivity index (χ3v) is 2.36. The third-order valence-electron chi connectivity index (χ3n) is 2.36. The van der Waals surface area contributed by atoms with E-state index >= 15 is 0 Å². The van der Waals surface area contributed by atoms with Crippen LogP contribution in [-0.4, -0.2) is 13.3 Å². The van der Waals surface area contributed by atoms with Crippen molar-refractivity contribution in [3.05, 3.63) is 24.0 Å². The molecule has 1 nitrogen and oxygen atoms in total. The van der Waals surface area contributed by atoms with Crippen molar-refractivity contribution < 1.29 is 17.9 Å². The zero-order chi connectivity index (χ0) is 11.0. The summed E-state index contributed by atoms with van der Waals surface area (Å²) in [6.07, 6.45) is -2.63. The van der Waals surface area contributed by atoms with Crippen LogP contribution in [0.25, 0.3) is 0 Å². The number of ether oxygens (including phenoxy) is 1. The fourth-order valence-electron chi connectivity index (χ4n) is 1.41. The highest BCUT2D eigenvalue weighted by Crippen LogP contribution is 2.62. The molecule has 1 aliphatic rings. The Morgan fingerprint density at radius 1 is 1.43 bits per heavy atom. The monoisotopic (exact) mass is 206 g/mol. The molecule has 0 amide bonds. The summed E-state index contributed by atoms with van der Waals surface area (Å²) >= 11 is 0. The average molecular weight is 206 g/mol. The molecule has 0 atom stereocenters. The second-order valence-electron chi connectivity index (χ2n) is 3.64. The molecule has 0 radical (unpaired) electrons. The number of halogens is 3. The summed E-state index contributed by atoms with van der Waals surface area (Å²) in [6, 6.07) is 0. The molecule has 80 valence electrons. The molecule has 1 saturated carbocycles. The fraction of sp³-hybridized carbons (Fsp3) is 0.600. The van der Waals surface area contributed by atoms with Crippen LogP contribution >= 0.6 is 0 Å². The predicted octanol–water partition coefficient (Wildman–Crippen LogP) is 3.44. The van der Waals surface area contributed by atoms with Gasteiger partial charge >= 0.3 is 6.18 Å². The van der Waals surface area contributed by atoms with E-state index in [0.29, 0.717) is 5.57 Å². The molecule has 14 heavy (non-hydrogen) atoms. The lowest BCUT2D eigenvalue weighted by Gasteiger charge is -2.21. The molecule has 0 aliphatic heterocycles. The van der Waals surface area contributed by atoms with E-state index in [0.717, 1.165) is 0 Å². The van der Waals surface area contributed by atoms with Crippen LogP contribution in [0.4, 0.5) is 13.2 Å². The first kappa shape index (κ1) is 11.1. The van der Waals surface area contributed by atoms with Crippen molar-refractivity contribution in [3.63, 3.8) is 0 Å². The zero-order valence-electron chi connectivity index (χ0n) is 8.24. The Hall–Kier alpha value is -0.930. The molecule has 4 heteroatoms. The van der Waals surface area contributed by atoms with Crippen molar-refractivity contribution >= 4 is 0 Å². The molecule has 0 aromatic rings. The van der Waals surface area contributed by atoms with Crippen molar-refractivity contribution in [2.24, 2.45) is 5.41 Å². The Balaban J connectivity index is 2.96. The van der Waals surface area contributed by atoms with E-state index in [1.807, 2.05) is 0 Å². The normalized spacial score (nSPS) is 20.5. The number of hydrogen-bond acceptors (Lipinski definition) is 1. The summed E-state index contributed by atoms with van der Waals surface area (Å²) in [7, 11) is 1.26. The lowest BCUT2D eigenvalue weighted by molar-refractivity contribution is -0.184. The summed E-state index contributed by atoms with van der Waals surface area (Å²) in [6.45, 7) is 5.19. The van der Waals surface area contributed by atoms with E-state index in [1.54, 1.807) is 6.92 Å². The van der Waals surface area contributed by atoms with Crippen molar-refractivity contribution in [2.45, 2.75) is 25.9 Å². The molecule has 1 aliphatic carbocycles. The molecule has 0 heterocycles. The molecule has 0 saturated heterocycles. The maximum atomic E-state index is 12.6. The van der Waals surface area contributed by atoms with Gasteiger partial charge in [-0.05, 0) is 25.8 Å². The van der Waals surface area contributed by atoms with Gasteiger partial charge in [0, 0.05) is 0 Å². The van der Waals surface area contributed by atoms with Gasteiger partial charge in [-0.25, -0.2) is 0 Å². The summed E-state index contributed by atoms with van der Waals surface area (Å²) in [5, 5.41) is 0. The standard InChI is InChI=1S/C10H13F3O/c1-7(2)6-8(14-3)9(4-5-9)10(11,12)13/h6H,1,4-5H2,2-3H3/b8-6-. The van der Waals surface area contributed by atoms with E-state index in [2.05, 4.69) is 6.58 Å². The van der Waals surface area contributed by atoms with Gasteiger partial charge in [0.05, 0.1) is 7.11 Å². The smallest absolute Gasteiger partial charge is 0.401 e. The number of methoxy groups -OCH3 is 1. The first-order chi connectivity index (χ1) is 6.33. The molecule has 1 fully saturated rings. The van der Waals surface area contributed by atoms with Gasteiger partial charge in [0.15, 0.2) is 0 Å². The predicted molar refractivity (Wildman–Crippen MR) is 47.6 cm³/mol. The molecule has 1 rings (SSSR count). The average Bonchev–Trinajstić information content (AvgIpc) is 2.78. The van der Waals surface area contributed by atoms with Gasteiger partial charge in [-0.2, -0.15) is 13.2 Å². The molecule has 0 N–H and O–H groups in total.